The molecule has 1 atom stereocenters. The van der Waals surface area contributed by atoms with E-state index in [0.29, 0.717) is 13.2 Å². The van der Waals surface area contributed by atoms with Gasteiger partial charge in [0.05, 0.1) is 24.4 Å². The van der Waals surface area contributed by atoms with Crippen molar-refractivity contribution in [1.82, 2.24) is 4.98 Å². The lowest BCUT2D eigenvalue weighted by atomic mass is 10.1. The molecule has 4 heteroatoms. The van der Waals surface area contributed by atoms with Crippen molar-refractivity contribution in [3.8, 4) is 17.6 Å². The Hall–Kier alpha value is -1.57. The highest BCUT2D eigenvalue weighted by atomic mass is 16.6. The third-order valence-electron chi connectivity index (χ3n) is 3.04. The van der Waals surface area contributed by atoms with Gasteiger partial charge in [0.15, 0.2) is 0 Å². The maximum atomic E-state index is 5.88. The summed E-state index contributed by atoms with van der Waals surface area (Å²) in [5.41, 5.74) is 6.13. The zero-order valence-corrected chi connectivity index (χ0v) is 11.5. The Morgan fingerprint density at radius 3 is 3.05 bits per heavy atom. The predicted octanol–water partition coefficient (Wildman–Crippen LogP) is 1.73. The van der Waals surface area contributed by atoms with E-state index in [0.717, 1.165) is 24.2 Å². The Bertz CT molecular complexity index is 488. The van der Waals surface area contributed by atoms with Crippen LogP contribution in [0, 0.1) is 11.8 Å². The van der Waals surface area contributed by atoms with Gasteiger partial charge in [-0.25, -0.2) is 0 Å². The molecule has 2 heterocycles. The zero-order chi connectivity index (χ0) is 13.7. The van der Waals surface area contributed by atoms with Gasteiger partial charge in [-0.2, -0.15) is 0 Å². The quantitative estimate of drug-likeness (QED) is 0.841. The summed E-state index contributed by atoms with van der Waals surface area (Å²) in [6.07, 6.45) is 5.65. The standard InChI is InChI=1S/C15H20N2O2/c1-15(2)6-5-13(19-15)11-18-14-8-12(4-3-7-16)9-17-10-14/h8-10,13H,5-7,11,16H2,1-2H3. The van der Waals surface area contributed by atoms with Crippen LogP contribution in [0.3, 0.4) is 0 Å². The van der Waals surface area contributed by atoms with Gasteiger partial charge in [-0.05, 0) is 32.8 Å². The van der Waals surface area contributed by atoms with Crippen molar-refractivity contribution in [2.75, 3.05) is 13.2 Å². The van der Waals surface area contributed by atoms with Crippen molar-refractivity contribution in [2.24, 2.45) is 5.73 Å². The predicted molar refractivity (Wildman–Crippen MR) is 73.9 cm³/mol. The summed E-state index contributed by atoms with van der Waals surface area (Å²) in [5.74, 6) is 6.45. The molecule has 2 rings (SSSR count). The topological polar surface area (TPSA) is 57.4 Å². The number of ether oxygens (including phenoxy) is 2. The molecule has 0 spiro atoms. The second kappa shape index (κ2) is 6.05. The summed E-state index contributed by atoms with van der Waals surface area (Å²) < 4.78 is 11.6. The lowest BCUT2D eigenvalue weighted by Gasteiger charge is -2.19. The molecular weight excluding hydrogens is 240 g/mol. The molecule has 4 nitrogen and oxygen atoms in total. The Labute approximate surface area is 114 Å². The van der Waals surface area contributed by atoms with Crippen LogP contribution in [-0.4, -0.2) is 29.8 Å². The summed E-state index contributed by atoms with van der Waals surface area (Å²) in [5, 5.41) is 0. The number of rotatable bonds is 3. The van der Waals surface area contributed by atoms with E-state index in [1.807, 2.05) is 6.07 Å². The molecule has 0 aromatic carbocycles. The second-order valence-corrected chi connectivity index (χ2v) is 5.26. The fourth-order valence-electron chi connectivity index (χ4n) is 2.10. The first-order valence-electron chi connectivity index (χ1n) is 6.54. The minimum Gasteiger partial charge on any atom is -0.489 e. The molecule has 2 N–H and O–H groups in total. The molecule has 19 heavy (non-hydrogen) atoms. The minimum atomic E-state index is -0.0271. The average Bonchev–Trinajstić information content (AvgIpc) is 2.74. The Kier molecular flexibility index (Phi) is 4.41. The smallest absolute Gasteiger partial charge is 0.138 e. The van der Waals surface area contributed by atoms with Crippen molar-refractivity contribution in [2.45, 2.75) is 38.4 Å². The van der Waals surface area contributed by atoms with Crippen LogP contribution in [0.25, 0.3) is 0 Å². The number of aromatic nitrogens is 1. The molecule has 1 fully saturated rings. The average molecular weight is 260 g/mol. The zero-order valence-electron chi connectivity index (χ0n) is 11.5. The number of hydrogen-bond acceptors (Lipinski definition) is 4. The lowest BCUT2D eigenvalue weighted by Crippen LogP contribution is -2.23. The Balaban J connectivity index is 1.89. The summed E-state index contributed by atoms with van der Waals surface area (Å²) in [4.78, 5) is 4.10. The van der Waals surface area contributed by atoms with Crippen LogP contribution in [0.5, 0.6) is 5.75 Å². The number of nitrogens with zero attached hydrogens (tertiary/aromatic N) is 1. The first-order valence-corrected chi connectivity index (χ1v) is 6.54. The molecule has 1 aliphatic heterocycles. The van der Waals surface area contributed by atoms with Crippen LogP contribution in [-0.2, 0) is 4.74 Å². The highest BCUT2D eigenvalue weighted by Crippen LogP contribution is 2.29. The highest BCUT2D eigenvalue weighted by Gasteiger charge is 2.31. The molecule has 1 aromatic heterocycles. The molecule has 0 radical (unpaired) electrons. The van der Waals surface area contributed by atoms with Crippen LogP contribution in [0.15, 0.2) is 18.5 Å². The van der Waals surface area contributed by atoms with Gasteiger partial charge in [-0.15, -0.1) is 0 Å². The maximum Gasteiger partial charge on any atom is 0.138 e. The Morgan fingerprint density at radius 2 is 2.37 bits per heavy atom. The SMILES string of the molecule is CC1(C)CCC(COc2cncc(C#CCN)c2)O1. The van der Waals surface area contributed by atoms with Crippen molar-refractivity contribution in [3.63, 3.8) is 0 Å². The van der Waals surface area contributed by atoms with E-state index < -0.39 is 0 Å². The second-order valence-electron chi connectivity index (χ2n) is 5.26. The molecule has 1 aromatic rings. The molecule has 0 bridgehead atoms. The van der Waals surface area contributed by atoms with Crippen molar-refractivity contribution >= 4 is 0 Å². The van der Waals surface area contributed by atoms with Crippen LogP contribution in [0.2, 0.25) is 0 Å². The first-order chi connectivity index (χ1) is 9.09. The summed E-state index contributed by atoms with van der Waals surface area (Å²) in [6.45, 7) is 5.12. The van der Waals surface area contributed by atoms with Gasteiger partial charge in [0.2, 0.25) is 0 Å². The maximum absolute atomic E-state index is 5.88. The monoisotopic (exact) mass is 260 g/mol. The molecule has 102 valence electrons. The van der Waals surface area contributed by atoms with E-state index in [9.17, 15) is 0 Å². The number of nitrogens with two attached hydrogens (primary N) is 1. The number of hydrogen-bond donors (Lipinski definition) is 1. The lowest BCUT2D eigenvalue weighted by molar-refractivity contribution is -0.0327. The molecule has 0 saturated carbocycles. The van der Waals surface area contributed by atoms with Gasteiger partial charge in [0.1, 0.15) is 12.4 Å². The fraction of sp³-hybridized carbons (Fsp3) is 0.533. The molecule has 1 unspecified atom stereocenters. The third-order valence-corrected chi connectivity index (χ3v) is 3.04. The van der Waals surface area contributed by atoms with Crippen LogP contribution in [0.1, 0.15) is 32.3 Å². The normalized spacial score (nSPS) is 20.7. The third kappa shape index (κ3) is 4.23. The summed E-state index contributed by atoms with van der Waals surface area (Å²) in [7, 11) is 0. The van der Waals surface area contributed by atoms with Gasteiger partial charge in [-0.3, -0.25) is 4.98 Å². The summed E-state index contributed by atoms with van der Waals surface area (Å²) in [6, 6.07) is 1.87. The molecule has 0 amide bonds. The van der Waals surface area contributed by atoms with E-state index in [2.05, 4.69) is 30.7 Å². The van der Waals surface area contributed by atoms with Crippen LogP contribution >= 0.6 is 0 Å². The van der Waals surface area contributed by atoms with Gasteiger partial charge < -0.3 is 15.2 Å². The van der Waals surface area contributed by atoms with Crippen LogP contribution < -0.4 is 10.5 Å². The molecular formula is C15H20N2O2. The van der Waals surface area contributed by atoms with Crippen LogP contribution in [0.4, 0.5) is 0 Å². The van der Waals surface area contributed by atoms with E-state index in [1.54, 1.807) is 12.4 Å². The van der Waals surface area contributed by atoms with Gasteiger partial charge in [0.25, 0.3) is 0 Å². The molecule has 0 aliphatic carbocycles. The van der Waals surface area contributed by atoms with E-state index in [-0.39, 0.29) is 11.7 Å². The number of pyridine rings is 1. The highest BCUT2D eigenvalue weighted by molar-refractivity contribution is 5.36. The van der Waals surface area contributed by atoms with E-state index >= 15 is 0 Å². The summed E-state index contributed by atoms with van der Waals surface area (Å²) >= 11 is 0. The first kappa shape index (κ1) is 13.9. The Morgan fingerprint density at radius 1 is 1.53 bits per heavy atom. The fourth-order valence-corrected chi connectivity index (χ4v) is 2.10. The molecule has 1 aliphatic rings. The van der Waals surface area contributed by atoms with Crippen molar-refractivity contribution in [1.29, 1.82) is 0 Å². The largest absolute Gasteiger partial charge is 0.489 e. The van der Waals surface area contributed by atoms with Crippen molar-refractivity contribution in [3.05, 3.63) is 24.0 Å². The van der Waals surface area contributed by atoms with E-state index in [4.69, 9.17) is 15.2 Å². The van der Waals surface area contributed by atoms with Crippen molar-refractivity contribution < 1.29 is 9.47 Å². The van der Waals surface area contributed by atoms with Gasteiger partial charge >= 0.3 is 0 Å². The minimum absolute atomic E-state index is 0.0271. The molecule has 1 saturated heterocycles. The van der Waals surface area contributed by atoms with Gasteiger partial charge in [-0.1, -0.05) is 11.8 Å². The van der Waals surface area contributed by atoms with E-state index in [1.165, 1.54) is 0 Å². The van der Waals surface area contributed by atoms with Gasteiger partial charge in [0, 0.05) is 11.8 Å².